The largest absolute Gasteiger partial charge is 0.387 e. The van der Waals surface area contributed by atoms with Gasteiger partial charge >= 0.3 is 0 Å². The molecule has 0 fully saturated rings. The second kappa shape index (κ2) is 5.80. The summed E-state index contributed by atoms with van der Waals surface area (Å²) in [5, 5.41) is 7.43. The molecule has 1 heterocycles. The van der Waals surface area contributed by atoms with Crippen LogP contribution in [0.15, 0.2) is 6.07 Å². The Hall–Kier alpha value is -1.65. The van der Waals surface area contributed by atoms with Gasteiger partial charge in [0.15, 0.2) is 0 Å². The number of nitrogens with zero attached hydrogens (tertiary/aromatic N) is 3. The average Bonchev–Trinajstić information content (AvgIpc) is 2.27. The van der Waals surface area contributed by atoms with Crippen molar-refractivity contribution in [2.24, 2.45) is 11.7 Å². The van der Waals surface area contributed by atoms with Crippen molar-refractivity contribution >= 4 is 11.7 Å². The lowest BCUT2D eigenvalue weighted by atomic mass is 10.1. The predicted molar refractivity (Wildman–Crippen MR) is 75.2 cm³/mol. The lowest BCUT2D eigenvalue weighted by Crippen LogP contribution is -2.32. The van der Waals surface area contributed by atoms with E-state index in [4.69, 9.17) is 11.1 Å². The van der Waals surface area contributed by atoms with Crippen molar-refractivity contribution in [3.8, 4) is 0 Å². The maximum Gasteiger partial charge on any atom is 0.133 e. The number of anilines is 1. The van der Waals surface area contributed by atoms with Gasteiger partial charge in [-0.2, -0.15) is 0 Å². The quantitative estimate of drug-likeness (QED) is 0.617. The first-order chi connectivity index (χ1) is 8.31. The van der Waals surface area contributed by atoms with E-state index in [2.05, 4.69) is 23.8 Å². The Morgan fingerprint density at radius 2 is 2.00 bits per heavy atom. The number of nitrogens with two attached hydrogens (primary N) is 1. The minimum absolute atomic E-state index is 0.0211. The Kier molecular flexibility index (Phi) is 4.64. The number of hydrogen-bond donors (Lipinski definition) is 2. The van der Waals surface area contributed by atoms with Crippen LogP contribution in [-0.4, -0.2) is 29.4 Å². The highest BCUT2D eigenvalue weighted by Crippen LogP contribution is 2.17. The predicted octanol–water partition coefficient (Wildman–Crippen LogP) is 1.92. The van der Waals surface area contributed by atoms with E-state index in [1.165, 1.54) is 0 Å². The van der Waals surface area contributed by atoms with Gasteiger partial charge in [-0.15, -0.1) is 0 Å². The molecule has 1 unspecified atom stereocenters. The Bertz CT molecular complexity index is 427. The summed E-state index contributed by atoms with van der Waals surface area (Å²) in [6, 6.07) is 1.96. The molecule has 100 valence electrons. The third-order valence-electron chi connectivity index (χ3n) is 2.84. The molecule has 0 radical (unpaired) electrons. The molecule has 3 N–H and O–H groups in total. The maximum atomic E-state index is 7.43. The lowest BCUT2D eigenvalue weighted by Gasteiger charge is -2.22. The van der Waals surface area contributed by atoms with Crippen molar-refractivity contribution in [2.45, 2.75) is 33.6 Å². The van der Waals surface area contributed by atoms with Gasteiger partial charge in [0.05, 0.1) is 5.84 Å². The number of amidine groups is 1. The highest BCUT2D eigenvalue weighted by Gasteiger charge is 2.13. The van der Waals surface area contributed by atoms with E-state index in [0.717, 1.165) is 17.3 Å². The highest BCUT2D eigenvalue weighted by molar-refractivity contribution is 5.79. The van der Waals surface area contributed by atoms with Crippen LogP contribution in [0.2, 0.25) is 0 Å². The SMILES string of the molecule is Cc1cc(N(C)CC(C)C(=N)N)nc(C(C)C)n1. The van der Waals surface area contributed by atoms with Crippen molar-refractivity contribution in [1.82, 2.24) is 9.97 Å². The van der Waals surface area contributed by atoms with Gasteiger partial charge < -0.3 is 10.6 Å². The molecule has 0 amide bonds. The third-order valence-corrected chi connectivity index (χ3v) is 2.84. The fraction of sp³-hybridized carbons (Fsp3) is 0.615. The lowest BCUT2D eigenvalue weighted by molar-refractivity contribution is 0.707. The molecule has 1 aromatic heterocycles. The molecule has 5 nitrogen and oxygen atoms in total. The number of aryl methyl sites for hydroxylation is 1. The topological polar surface area (TPSA) is 78.9 Å². The smallest absolute Gasteiger partial charge is 0.133 e. The van der Waals surface area contributed by atoms with Crippen molar-refractivity contribution in [3.63, 3.8) is 0 Å². The van der Waals surface area contributed by atoms with Crippen LogP contribution in [0.5, 0.6) is 0 Å². The van der Waals surface area contributed by atoms with E-state index in [9.17, 15) is 0 Å². The molecule has 0 aliphatic carbocycles. The molecule has 1 atom stereocenters. The van der Waals surface area contributed by atoms with Crippen molar-refractivity contribution in [1.29, 1.82) is 5.41 Å². The fourth-order valence-corrected chi connectivity index (χ4v) is 1.63. The molecule has 5 heteroatoms. The third kappa shape index (κ3) is 3.68. The van der Waals surface area contributed by atoms with E-state index in [1.54, 1.807) is 0 Å². The zero-order valence-corrected chi connectivity index (χ0v) is 11.9. The zero-order valence-electron chi connectivity index (χ0n) is 11.9. The Morgan fingerprint density at radius 3 is 2.50 bits per heavy atom. The maximum absolute atomic E-state index is 7.43. The van der Waals surface area contributed by atoms with E-state index < -0.39 is 0 Å². The monoisotopic (exact) mass is 249 g/mol. The molecule has 0 bridgehead atoms. The number of rotatable bonds is 5. The van der Waals surface area contributed by atoms with E-state index in [0.29, 0.717) is 12.5 Å². The van der Waals surface area contributed by atoms with E-state index >= 15 is 0 Å². The molecular weight excluding hydrogens is 226 g/mol. The summed E-state index contributed by atoms with van der Waals surface area (Å²) in [7, 11) is 1.96. The van der Waals surface area contributed by atoms with Gasteiger partial charge in [-0.25, -0.2) is 9.97 Å². The van der Waals surface area contributed by atoms with Gasteiger partial charge in [0.2, 0.25) is 0 Å². The van der Waals surface area contributed by atoms with Gasteiger partial charge in [0.25, 0.3) is 0 Å². The van der Waals surface area contributed by atoms with Crippen LogP contribution in [-0.2, 0) is 0 Å². The van der Waals surface area contributed by atoms with E-state index in [1.807, 2.05) is 31.9 Å². The van der Waals surface area contributed by atoms with Crippen LogP contribution in [0.25, 0.3) is 0 Å². The summed E-state index contributed by atoms with van der Waals surface area (Å²) >= 11 is 0. The molecule has 18 heavy (non-hydrogen) atoms. The molecule has 1 rings (SSSR count). The molecule has 0 spiro atoms. The molecule has 0 aliphatic heterocycles. The van der Waals surface area contributed by atoms with Crippen LogP contribution < -0.4 is 10.6 Å². The van der Waals surface area contributed by atoms with Crippen LogP contribution >= 0.6 is 0 Å². The summed E-state index contributed by atoms with van der Waals surface area (Å²) in [5.41, 5.74) is 6.46. The molecule has 0 saturated heterocycles. The van der Waals surface area contributed by atoms with Crippen LogP contribution in [0.1, 0.15) is 38.2 Å². The minimum Gasteiger partial charge on any atom is -0.387 e. The van der Waals surface area contributed by atoms with Crippen LogP contribution in [0.3, 0.4) is 0 Å². The Labute approximate surface area is 109 Å². The summed E-state index contributed by atoms with van der Waals surface area (Å²) in [6.07, 6.45) is 0. The second-order valence-corrected chi connectivity index (χ2v) is 5.12. The summed E-state index contributed by atoms with van der Waals surface area (Å²) < 4.78 is 0. The summed E-state index contributed by atoms with van der Waals surface area (Å²) in [4.78, 5) is 11.0. The van der Waals surface area contributed by atoms with Crippen molar-refractivity contribution in [3.05, 3.63) is 17.6 Å². The number of nitrogens with one attached hydrogen (secondary N) is 1. The van der Waals surface area contributed by atoms with Crippen molar-refractivity contribution in [2.75, 3.05) is 18.5 Å². The second-order valence-electron chi connectivity index (χ2n) is 5.12. The zero-order chi connectivity index (χ0) is 13.9. The van der Waals surface area contributed by atoms with Gasteiger partial charge in [0, 0.05) is 37.2 Å². The van der Waals surface area contributed by atoms with Gasteiger partial charge in [0.1, 0.15) is 11.6 Å². The first-order valence-corrected chi connectivity index (χ1v) is 6.22. The fourth-order valence-electron chi connectivity index (χ4n) is 1.63. The molecule has 1 aromatic rings. The number of aromatic nitrogens is 2. The summed E-state index contributed by atoms with van der Waals surface area (Å²) in [6.45, 7) is 8.76. The normalized spacial score (nSPS) is 12.6. The average molecular weight is 249 g/mol. The standard InChI is InChI=1S/C13H23N5/c1-8(2)13-16-10(4)6-11(17-13)18(5)7-9(3)12(14)15/h6,8-9H,7H2,1-5H3,(H3,14,15). The summed E-state index contributed by atoms with van der Waals surface area (Å²) in [5.74, 6) is 2.28. The number of hydrogen-bond acceptors (Lipinski definition) is 4. The van der Waals surface area contributed by atoms with Crippen LogP contribution in [0.4, 0.5) is 5.82 Å². The Morgan fingerprint density at radius 1 is 1.39 bits per heavy atom. The van der Waals surface area contributed by atoms with Crippen molar-refractivity contribution < 1.29 is 0 Å². The molecule has 0 aromatic carbocycles. The molecule has 0 aliphatic rings. The molecular formula is C13H23N5. The molecule has 0 saturated carbocycles. The minimum atomic E-state index is 0.0211. The van der Waals surface area contributed by atoms with Gasteiger partial charge in [-0.05, 0) is 6.92 Å². The van der Waals surface area contributed by atoms with Gasteiger partial charge in [-0.3, -0.25) is 5.41 Å². The first-order valence-electron chi connectivity index (χ1n) is 6.22. The highest BCUT2D eigenvalue weighted by atomic mass is 15.2. The van der Waals surface area contributed by atoms with Crippen LogP contribution in [0, 0.1) is 18.3 Å². The Balaban J connectivity index is 2.91. The van der Waals surface area contributed by atoms with E-state index in [-0.39, 0.29) is 11.8 Å². The first kappa shape index (κ1) is 14.4. The van der Waals surface area contributed by atoms with Gasteiger partial charge in [-0.1, -0.05) is 20.8 Å².